The smallest absolute Gasteiger partial charge is 0.0223 e. The summed E-state index contributed by atoms with van der Waals surface area (Å²) in [6.07, 6.45) is 3.94. The molecule has 108 valence electrons. The van der Waals surface area contributed by atoms with Gasteiger partial charge in [-0.2, -0.15) is 0 Å². The van der Waals surface area contributed by atoms with Crippen molar-refractivity contribution < 1.29 is 0 Å². The zero-order valence-electron chi connectivity index (χ0n) is 13.1. The lowest BCUT2D eigenvalue weighted by atomic mass is 9.97. The van der Waals surface area contributed by atoms with Crippen molar-refractivity contribution in [2.75, 3.05) is 40.3 Å². The molecule has 0 spiro atoms. The van der Waals surface area contributed by atoms with Crippen LogP contribution in [0.25, 0.3) is 0 Å². The number of likely N-dealkylation sites (N-methyl/N-ethyl adjacent to an activating group) is 2. The van der Waals surface area contributed by atoms with Crippen LogP contribution in [0.15, 0.2) is 0 Å². The molecule has 3 heteroatoms. The number of piperidine rings is 1. The molecule has 3 atom stereocenters. The Morgan fingerprint density at radius 1 is 1.39 bits per heavy atom. The molecule has 0 saturated carbocycles. The third-order valence-corrected chi connectivity index (χ3v) is 4.53. The molecular weight excluding hydrogens is 222 g/mol. The molecule has 0 bridgehead atoms. The second-order valence-corrected chi connectivity index (χ2v) is 6.15. The van der Waals surface area contributed by atoms with Crippen molar-refractivity contribution >= 4 is 0 Å². The molecule has 18 heavy (non-hydrogen) atoms. The highest BCUT2D eigenvalue weighted by molar-refractivity contribution is 4.83. The van der Waals surface area contributed by atoms with Crippen LogP contribution >= 0.6 is 0 Å². The quantitative estimate of drug-likeness (QED) is 0.702. The van der Waals surface area contributed by atoms with Gasteiger partial charge in [-0.15, -0.1) is 0 Å². The van der Waals surface area contributed by atoms with Gasteiger partial charge < -0.3 is 10.2 Å². The van der Waals surface area contributed by atoms with E-state index >= 15 is 0 Å². The summed E-state index contributed by atoms with van der Waals surface area (Å²) in [7, 11) is 4.56. The van der Waals surface area contributed by atoms with Gasteiger partial charge in [0.2, 0.25) is 0 Å². The Morgan fingerprint density at radius 3 is 2.72 bits per heavy atom. The number of nitrogens with one attached hydrogen (secondary N) is 1. The van der Waals surface area contributed by atoms with Gasteiger partial charge in [0.25, 0.3) is 0 Å². The monoisotopic (exact) mass is 255 g/mol. The molecule has 0 aromatic rings. The SMILES string of the molecule is CCCNCC(C)C(C)N(C)C1CCCN(C)C1. The molecule has 0 aromatic carbocycles. The maximum atomic E-state index is 3.55. The second-order valence-electron chi connectivity index (χ2n) is 6.15. The highest BCUT2D eigenvalue weighted by Crippen LogP contribution is 2.18. The van der Waals surface area contributed by atoms with Crippen LogP contribution in [0, 0.1) is 5.92 Å². The Labute approximate surface area is 114 Å². The minimum atomic E-state index is 0.658. The van der Waals surface area contributed by atoms with E-state index < -0.39 is 0 Å². The van der Waals surface area contributed by atoms with Crippen molar-refractivity contribution in [3.05, 3.63) is 0 Å². The Morgan fingerprint density at radius 2 is 2.11 bits per heavy atom. The number of hydrogen-bond donors (Lipinski definition) is 1. The molecular formula is C15H33N3. The summed E-state index contributed by atoms with van der Waals surface area (Å²) in [5.74, 6) is 0.716. The van der Waals surface area contributed by atoms with Gasteiger partial charge in [0.1, 0.15) is 0 Å². The van der Waals surface area contributed by atoms with E-state index in [1.165, 1.54) is 32.4 Å². The van der Waals surface area contributed by atoms with Crippen LogP contribution in [-0.2, 0) is 0 Å². The molecule has 1 rings (SSSR count). The van der Waals surface area contributed by atoms with Gasteiger partial charge in [-0.1, -0.05) is 13.8 Å². The van der Waals surface area contributed by atoms with Crippen molar-refractivity contribution in [2.45, 2.75) is 52.1 Å². The molecule has 1 aliphatic heterocycles. The Bertz CT molecular complexity index is 220. The van der Waals surface area contributed by atoms with E-state index in [0.29, 0.717) is 12.0 Å². The van der Waals surface area contributed by atoms with Crippen molar-refractivity contribution in [1.82, 2.24) is 15.1 Å². The van der Waals surface area contributed by atoms with Gasteiger partial charge in [-0.3, -0.25) is 4.90 Å². The highest BCUT2D eigenvalue weighted by Gasteiger charge is 2.26. The van der Waals surface area contributed by atoms with Gasteiger partial charge in [0.05, 0.1) is 0 Å². The second kappa shape index (κ2) is 8.13. The first-order chi connectivity index (χ1) is 8.56. The number of likely N-dealkylation sites (tertiary alicyclic amines) is 1. The van der Waals surface area contributed by atoms with E-state index in [-0.39, 0.29) is 0 Å². The average Bonchev–Trinajstić information content (AvgIpc) is 2.37. The summed E-state index contributed by atoms with van der Waals surface area (Å²) in [6.45, 7) is 11.8. The fraction of sp³-hybridized carbons (Fsp3) is 1.00. The normalized spacial score (nSPS) is 25.3. The van der Waals surface area contributed by atoms with E-state index in [2.05, 4.69) is 50.0 Å². The number of nitrogens with zero attached hydrogens (tertiary/aromatic N) is 2. The van der Waals surface area contributed by atoms with Gasteiger partial charge >= 0.3 is 0 Å². The van der Waals surface area contributed by atoms with Gasteiger partial charge in [-0.05, 0) is 65.8 Å². The van der Waals surface area contributed by atoms with Crippen molar-refractivity contribution in [2.24, 2.45) is 5.92 Å². The summed E-state index contributed by atoms with van der Waals surface area (Å²) < 4.78 is 0. The summed E-state index contributed by atoms with van der Waals surface area (Å²) >= 11 is 0. The summed E-state index contributed by atoms with van der Waals surface area (Å²) in [4.78, 5) is 5.07. The van der Waals surface area contributed by atoms with Crippen LogP contribution in [0.1, 0.15) is 40.0 Å². The summed E-state index contributed by atoms with van der Waals surface area (Å²) in [5.41, 5.74) is 0. The molecule has 3 unspecified atom stereocenters. The van der Waals surface area contributed by atoms with Crippen molar-refractivity contribution in [3.63, 3.8) is 0 Å². The predicted molar refractivity (Wildman–Crippen MR) is 80.1 cm³/mol. The average molecular weight is 255 g/mol. The molecule has 1 N–H and O–H groups in total. The Balaban J connectivity index is 2.36. The lowest BCUT2D eigenvalue weighted by Gasteiger charge is -2.41. The molecule has 1 saturated heterocycles. The predicted octanol–water partition coefficient (Wildman–Crippen LogP) is 2.04. The van der Waals surface area contributed by atoms with Crippen LogP contribution in [0.4, 0.5) is 0 Å². The lowest BCUT2D eigenvalue weighted by Crippen LogP contribution is -2.50. The molecule has 0 aliphatic carbocycles. The van der Waals surface area contributed by atoms with E-state index in [1.807, 2.05) is 0 Å². The van der Waals surface area contributed by atoms with Crippen LogP contribution in [0.2, 0.25) is 0 Å². The molecule has 1 aliphatic rings. The highest BCUT2D eigenvalue weighted by atomic mass is 15.2. The Kier molecular flexibility index (Phi) is 7.20. The fourth-order valence-electron chi connectivity index (χ4n) is 2.88. The number of hydrogen-bond acceptors (Lipinski definition) is 3. The number of rotatable bonds is 7. The van der Waals surface area contributed by atoms with Crippen LogP contribution < -0.4 is 5.32 Å². The molecule has 3 nitrogen and oxygen atoms in total. The minimum absolute atomic E-state index is 0.658. The maximum Gasteiger partial charge on any atom is 0.0223 e. The Hall–Kier alpha value is -0.120. The van der Waals surface area contributed by atoms with Crippen molar-refractivity contribution in [3.8, 4) is 0 Å². The summed E-state index contributed by atoms with van der Waals surface area (Å²) in [5, 5.41) is 3.55. The topological polar surface area (TPSA) is 18.5 Å². The lowest BCUT2D eigenvalue weighted by molar-refractivity contribution is 0.0829. The van der Waals surface area contributed by atoms with Crippen LogP contribution in [0.5, 0.6) is 0 Å². The molecule has 1 heterocycles. The zero-order chi connectivity index (χ0) is 13.5. The molecule has 0 radical (unpaired) electrons. The van der Waals surface area contributed by atoms with Crippen molar-refractivity contribution in [1.29, 1.82) is 0 Å². The molecule has 1 fully saturated rings. The minimum Gasteiger partial charge on any atom is -0.316 e. The van der Waals surface area contributed by atoms with Crippen LogP contribution in [0.3, 0.4) is 0 Å². The zero-order valence-corrected chi connectivity index (χ0v) is 13.1. The van der Waals surface area contributed by atoms with Gasteiger partial charge in [0.15, 0.2) is 0 Å². The third-order valence-electron chi connectivity index (χ3n) is 4.53. The first-order valence-corrected chi connectivity index (χ1v) is 7.67. The summed E-state index contributed by atoms with van der Waals surface area (Å²) in [6, 6.07) is 1.40. The molecule has 0 amide bonds. The maximum absolute atomic E-state index is 3.55. The molecule has 0 aromatic heterocycles. The van der Waals surface area contributed by atoms with E-state index in [0.717, 1.165) is 19.1 Å². The first-order valence-electron chi connectivity index (χ1n) is 7.67. The van der Waals surface area contributed by atoms with Gasteiger partial charge in [0, 0.05) is 18.6 Å². The first kappa shape index (κ1) is 15.9. The van der Waals surface area contributed by atoms with E-state index in [4.69, 9.17) is 0 Å². The largest absolute Gasteiger partial charge is 0.316 e. The third kappa shape index (κ3) is 4.87. The van der Waals surface area contributed by atoms with Gasteiger partial charge in [-0.25, -0.2) is 0 Å². The van der Waals surface area contributed by atoms with Crippen LogP contribution in [-0.4, -0.2) is 62.2 Å². The fourth-order valence-corrected chi connectivity index (χ4v) is 2.88. The van der Waals surface area contributed by atoms with E-state index in [9.17, 15) is 0 Å². The van der Waals surface area contributed by atoms with E-state index in [1.54, 1.807) is 0 Å². The standard InChI is InChI=1S/C15H33N3/c1-6-9-16-11-13(2)14(3)18(5)15-8-7-10-17(4)12-15/h13-16H,6-12H2,1-5H3.